The highest BCUT2D eigenvalue weighted by molar-refractivity contribution is 5.87. The van der Waals surface area contributed by atoms with Crippen LogP contribution < -0.4 is 0 Å². The summed E-state index contributed by atoms with van der Waals surface area (Å²) in [5.41, 5.74) is 2.88. The quantitative estimate of drug-likeness (QED) is 0.917. The summed E-state index contributed by atoms with van der Waals surface area (Å²) in [7, 11) is 0. The molecule has 0 saturated heterocycles. The average molecular weight is 256 g/mol. The van der Waals surface area contributed by atoms with Crippen LogP contribution in [0.4, 0.5) is 0 Å². The van der Waals surface area contributed by atoms with Crippen molar-refractivity contribution in [3.05, 3.63) is 53.6 Å². The maximum Gasteiger partial charge on any atom is 0.335 e. The Hall–Kier alpha value is -2.10. The molecule has 0 radical (unpaired) electrons. The van der Waals surface area contributed by atoms with Crippen molar-refractivity contribution in [2.24, 2.45) is 5.92 Å². The van der Waals surface area contributed by atoms with Crippen molar-refractivity contribution < 1.29 is 9.90 Å². The van der Waals surface area contributed by atoms with Crippen molar-refractivity contribution in [1.82, 2.24) is 9.55 Å². The first-order valence-corrected chi connectivity index (χ1v) is 6.53. The molecule has 4 nitrogen and oxygen atoms in total. The molecule has 0 spiro atoms. The monoisotopic (exact) mass is 256 g/mol. The first kappa shape index (κ1) is 12.0. The van der Waals surface area contributed by atoms with Gasteiger partial charge in [-0.25, -0.2) is 9.78 Å². The highest BCUT2D eigenvalue weighted by atomic mass is 16.4. The van der Waals surface area contributed by atoms with E-state index in [4.69, 9.17) is 5.11 Å². The summed E-state index contributed by atoms with van der Waals surface area (Å²) < 4.78 is 2.09. The highest BCUT2D eigenvalue weighted by Crippen LogP contribution is 2.27. The third kappa shape index (κ3) is 2.52. The molecule has 0 aliphatic heterocycles. The van der Waals surface area contributed by atoms with Gasteiger partial charge in [0.05, 0.1) is 11.9 Å². The van der Waals surface area contributed by atoms with Gasteiger partial charge in [0, 0.05) is 18.9 Å². The molecule has 1 heterocycles. The summed E-state index contributed by atoms with van der Waals surface area (Å²) >= 11 is 0. The van der Waals surface area contributed by atoms with Crippen LogP contribution in [0.25, 0.3) is 0 Å². The molecule has 1 atom stereocenters. The predicted octanol–water partition coefficient (Wildman–Crippen LogP) is 2.39. The van der Waals surface area contributed by atoms with Crippen molar-refractivity contribution >= 4 is 5.97 Å². The molecular formula is C15H16N2O2. The molecule has 19 heavy (non-hydrogen) atoms. The Balaban J connectivity index is 1.78. The van der Waals surface area contributed by atoms with Gasteiger partial charge in [-0.05, 0) is 48.4 Å². The van der Waals surface area contributed by atoms with E-state index < -0.39 is 5.97 Å². The Morgan fingerprint density at radius 2 is 2.32 bits per heavy atom. The van der Waals surface area contributed by atoms with Crippen molar-refractivity contribution in [3.63, 3.8) is 0 Å². The number of nitrogens with zero attached hydrogens (tertiary/aromatic N) is 2. The zero-order valence-electron chi connectivity index (χ0n) is 10.6. The van der Waals surface area contributed by atoms with Crippen molar-refractivity contribution in [2.45, 2.75) is 25.8 Å². The van der Waals surface area contributed by atoms with Crippen LogP contribution in [-0.4, -0.2) is 20.6 Å². The lowest BCUT2D eigenvalue weighted by Crippen LogP contribution is -2.19. The number of carbonyl (C=O) groups is 1. The van der Waals surface area contributed by atoms with Gasteiger partial charge in [0.15, 0.2) is 0 Å². The Morgan fingerprint density at radius 3 is 3.05 bits per heavy atom. The summed E-state index contributed by atoms with van der Waals surface area (Å²) in [6, 6.07) is 5.50. The van der Waals surface area contributed by atoms with Gasteiger partial charge in [0.25, 0.3) is 0 Å². The molecule has 98 valence electrons. The van der Waals surface area contributed by atoms with Gasteiger partial charge in [-0.2, -0.15) is 0 Å². The molecule has 0 bridgehead atoms. The zero-order valence-corrected chi connectivity index (χ0v) is 10.6. The summed E-state index contributed by atoms with van der Waals surface area (Å²) in [4.78, 5) is 15.1. The van der Waals surface area contributed by atoms with E-state index in [0.29, 0.717) is 11.5 Å². The number of benzene rings is 1. The van der Waals surface area contributed by atoms with E-state index in [1.54, 1.807) is 12.3 Å². The number of carboxylic acid groups (broad SMARTS) is 1. The first-order chi connectivity index (χ1) is 9.22. The van der Waals surface area contributed by atoms with Crippen LogP contribution in [0.15, 0.2) is 36.9 Å². The van der Waals surface area contributed by atoms with E-state index in [1.807, 2.05) is 24.7 Å². The average Bonchev–Trinajstić information content (AvgIpc) is 2.90. The van der Waals surface area contributed by atoms with Crippen molar-refractivity contribution in [3.8, 4) is 0 Å². The molecule has 4 heteroatoms. The summed E-state index contributed by atoms with van der Waals surface area (Å²) in [5, 5.41) is 9.05. The Bertz CT molecular complexity index is 590. The molecular weight excluding hydrogens is 240 g/mol. The maximum atomic E-state index is 11.0. The van der Waals surface area contributed by atoms with Gasteiger partial charge in [0.2, 0.25) is 0 Å². The SMILES string of the molecule is O=C(O)c1ccc2c(c1)CC(Cn1ccnc1)CC2. The van der Waals surface area contributed by atoms with Crippen LogP contribution in [0.3, 0.4) is 0 Å². The lowest BCUT2D eigenvalue weighted by atomic mass is 9.83. The lowest BCUT2D eigenvalue weighted by molar-refractivity contribution is 0.0696. The van der Waals surface area contributed by atoms with E-state index in [2.05, 4.69) is 9.55 Å². The molecule has 1 aliphatic rings. The van der Waals surface area contributed by atoms with Gasteiger partial charge >= 0.3 is 5.97 Å². The van der Waals surface area contributed by atoms with Crippen molar-refractivity contribution in [1.29, 1.82) is 0 Å². The summed E-state index contributed by atoms with van der Waals surface area (Å²) in [6.07, 6.45) is 8.74. The topological polar surface area (TPSA) is 55.1 Å². The number of aryl methyl sites for hydroxylation is 1. The zero-order chi connectivity index (χ0) is 13.2. The number of hydrogen-bond donors (Lipinski definition) is 1. The minimum Gasteiger partial charge on any atom is -0.478 e. The van der Waals surface area contributed by atoms with Gasteiger partial charge in [-0.3, -0.25) is 0 Å². The van der Waals surface area contributed by atoms with Crippen LogP contribution in [-0.2, 0) is 19.4 Å². The summed E-state index contributed by atoms with van der Waals surface area (Å²) in [5.74, 6) is -0.287. The van der Waals surface area contributed by atoms with Gasteiger partial charge in [-0.1, -0.05) is 6.07 Å². The third-order valence-electron chi connectivity index (χ3n) is 3.81. The van der Waals surface area contributed by atoms with Crippen LogP contribution in [0.1, 0.15) is 27.9 Å². The third-order valence-corrected chi connectivity index (χ3v) is 3.81. The van der Waals surface area contributed by atoms with Gasteiger partial charge in [-0.15, -0.1) is 0 Å². The second-order valence-corrected chi connectivity index (χ2v) is 5.16. The normalized spacial score (nSPS) is 18.0. The Morgan fingerprint density at radius 1 is 1.42 bits per heavy atom. The standard InChI is InChI=1S/C15H16N2O2/c18-15(19)13-4-3-12-2-1-11(7-14(12)8-13)9-17-6-5-16-10-17/h3-6,8,10-11H,1-2,7,9H2,(H,18,19). The molecule has 3 rings (SSSR count). The largest absolute Gasteiger partial charge is 0.478 e. The van der Waals surface area contributed by atoms with Crippen LogP contribution in [0.2, 0.25) is 0 Å². The lowest BCUT2D eigenvalue weighted by Gasteiger charge is -2.25. The second kappa shape index (κ2) is 4.88. The highest BCUT2D eigenvalue weighted by Gasteiger charge is 2.20. The molecule has 1 aromatic heterocycles. The number of aromatic nitrogens is 2. The number of imidazole rings is 1. The molecule has 0 amide bonds. The smallest absolute Gasteiger partial charge is 0.335 e. The van der Waals surface area contributed by atoms with Crippen LogP contribution in [0.5, 0.6) is 0 Å². The number of rotatable bonds is 3. The van der Waals surface area contributed by atoms with E-state index in [0.717, 1.165) is 25.8 Å². The number of carboxylic acids is 1. The molecule has 0 fully saturated rings. The second-order valence-electron chi connectivity index (χ2n) is 5.16. The fourth-order valence-electron chi connectivity index (χ4n) is 2.81. The van der Waals surface area contributed by atoms with E-state index in [1.165, 1.54) is 11.1 Å². The van der Waals surface area contributed by atoms with E-state index >= 15 is 0 Å². The van der Waals surface area contributed by atoms with E-state index in [9.17, 15) is 4.79 Å². The van der Waals surface area contributed by atoms with Crippen LogP contribution >= 0.6 is 0 Å². The van der Waals surface area contributed by atoms with Crippen molar-refractivity contribution in [2.75, 3.05) is 0 Å². The minimum atomic E-state index is -0.848. The van der Waals surface area contributed by atoms with Crippen LogP contribution in [0, 0.1) is 5.92 Å². The fraction of sp³-hybridized carbons (Fsp3) is 0.333. The Kier molecular flexibility index (Phi) is 3.07. The van der Waals surface area contributed by atoms with Gasteiger partial charge in [0.1, 0.15) is 0 Å². The van der Waals surface area contributed by atoms with E-state index in [-0.39, 0.29) is 0 Å². The summed E-state index contributed by atoms with van der Waals surface area (Å²) in [6.45, 7) is 0.955. The first-order valence-electron chi connectivity index (χ1n) is 6.53. The maximum absolute atomic E-state index is 11.0. The molecule has 1 unspecified atom stereocenters. The molecule has 0 saturated carbocycles. The van der Waals surface area contributed by atoms with Gasteiger partial charge < -0.3 is 9.67 Å². The molecule has 1 aliphatic carbocycles. The predicted molar refractivity (Wildman–Crippen MR) is 71.1 cm³/mol. The number of hydrogen-bond acceptors (Lipinski definition) is 2. The Labute approximate surface area is 111 Å². The minimum absolute atomic E-state index is 0.391. The number of aromatic carboxylic acids is 1. The molecule has 1 N–H and O–H groups in total. The number of fused-ring (bicyclic) bond motifs is 1. The molecule has 2 aromatic rings. The molecule has 1 aromatic carbocycles. The fourth-order valence-corrected chi connectivity index (χ4v) is 2.81.